The Hall–Kier alpha value is -4.81. The lowest BCUT2D eigenvalue weighted by Gasteiger charge is -2.24. The van der Waals surface area contributed by atoms with Gasteiger partial charge in [0.25, 0.3) is 0 Å². The molecule has 0 bridgehead atoms. The zero-order chi connectivity index (χ0) is 32.7. The molecule has 0 saturated carbocycles. The molecule has 0 atom stereocenters. The number of sulfonamides is 1. The standard InChI is InChI=1S/C33H37N3O8S/c1-22-11-12-23(2)29(17-22)43-15-16-44-30-18-24(13-14-28(30)36(20-32(37)38)21-33(39)40)19-34-45(41,42)31-10-6-7-25-26(31)8-5-9-27(25)35(3)4/h5-14,17-18,34H,15-16,19-21H2,1-4H3,(H,37,38)(H,39,40). The van der Waals surface area contributed by atoms with E-state index in [1.54, 1.807) is 30.3 Å². The van der Waals surface area contributed by atoms with E-state index in [4.69, 9.17) is 9.47 Å². The smallest absolute Gasteiger partial charge is 0.323 e. The SMILES string of the molecule is Cc1ccc(C)c(OCCOc2cc(CNS(=O)(=O)c3cccc4c(N(C)C)cccc34)ccc2N(CC(=O)O)CC(=O)O)c1. The van der Waals surface area contributed by atoms with E-state index in [-0.39, 0.29) is 36.1 Å². The minimum Gasteiger partial charge on any atom is -0.490 e. The van der Waals surface area contributed by atoms with Crippen LogP contribution < -0.4 is 24.0 Å². The van der Waals surface area contributed by atoms with Gasteiger partial charge in [0, 0.05) is 37.1 Å². The predicted molar refractivity (Wildman–Crippen MR) is 173 cm³/mol. The number of nitrogens with zero attached hydrogens (tertiary/aromatic N) is 2. The van der Waals surface area contributed by atoms with Gasteiger partial charge < -0.3 is 29.5 Å². The summed E-state index contributed by atoms with van der Waals surface area (Å²) < 4.78 is 41.5. The van der Waals surface area contributed by atoms with Crippen molar-refractivity contribution in [3.05, 3.63) is 89.5 Å². The van der Waals surface area contributed by atoms with Crippen molar-refractivity contribution in [2.45, 2.75) is 25.3 Å². The molecule has 4 aromatic rings. The van der Waals surface area contributed by atoms with E-state index < -0.39 is 35.1 Å². The van der Waals surface area contributed by atoms with E-state index in [0.717, 1.165) is 27.1 Å². The molecule has 0 fully saturated rings. The number of carbonyl (C=O) groups is 2. The van der Waals surface area contributed by atoms with Gasteiger partial charge in [0.15, 0.2) is 0 Å². The van der Waals surface area contributed by atoms with Crippen LogP contribution in [-0.2, 0) is 26.2 Å². The second-order valence-corrected chi connectivity index (χ2v) is 12.5. The molecule has 12 heteroatoms. The van der Waals surface area contributed by atoms with Gasteiger partial charge in [-0.1, -0.05) is 42.5 Å². The van der Waals surface area contributed by atoms with Crippen molar-refractivity contribution >= 4 is 44.1 Å². The fraction of sp³-hybridized carbons (Fsp3) is 0.273. The van der Waals surface area contributed by atoms with Crippen molar-refractivity contribution in [1.29, 1.82) is 0 Å². The minimum atomic E-state index is -3.95. The third-order valence-electron chi connectivity index (χ3n) is 7.06. The van der Waals surface area contributed by atoms with Gasteiger partial charge in [0.05, 0.1) is 10.6 Å². The molecule has 0 aliphatic heterocycles. The molecule has 0 heterocycles. The van der Waals surface area contributed by atoms with Crippen molar-refractivity contribution in [2.24, 2.45) is 0 Å². The van der Waals surface area contributed by atoms with Crippen molar-refractivity contribution in [1.82, 2.24) is 4.72 Å². The fourth-order valence-electron chi connectivity index (χ4n) is 4.91. The second kappa shape index (κ2) is 14.3. The first-order valence-corrected chi connectivity index (χ1v) is 15.7. The second-order valence-electron chi connectivity index (χ2n) is 10.8. The average Bonchev–Trinajstić information content (AvgIpc) is 2.98. The van der Waals surface area contributed by atoms with E-state index in [1.165, 1.54) is 6.07 Å². The molecule has 3 N–H and O–H groups in total. The third kappa shape index (κ3) is 8.43. The Bertz CT molecular complexity index is 1790. The Balaban J connectivity index is 1.59. The number of aliphatic carboxylic acids is 2. The maximum atomic E-state index is 13.5. The zero-order valence-electron chi connectivity index (χ0n) is 25.6. The number of carboxylic acid groups (broad SMARTS) is 2. The molecule has 0 aromatic heterocycles. The van der Waals surface area contributed by atoms with Crippen LogP contribution in [0.5, 0.6) is 11.5 Å². The van der Waals surface area contributed by atoms with Crippen LogP contribution in [0.4, 0.5) is 11.4 Å². The lowest BCUT2D eigenvalue weighted by atomic mass is 10.1. The van der Waals surface area contributed by atoms with Crippen molar-refractivity contribution < 1.29 is 37.7 Å². The largest absolute Gasteiger partial charge is 0.490 e. The number of fused-ring (bicyclic) bond motifs is 1. The number of anilines is 2. The van der Waals surface area contributed by atoms with Crippen LogP contribution in [0.2, 0.25) is 0 Å². The van der Waals surface area contributed by atoms with E-state index in [9.17, 15) is 28.2 Å². The highest BCUT2D eigenvalue weighted by Crippen LogP contribution is 2.32. The molecule has 4 aromatic carbocycles. The van der Waals surface area contributed by atoms with Gasteiger partial charge in [-0.05, 0) is 60.9 Å². The molecule has 238 valence electrons. The van der Waals surface area contributed by atoms with Crippen LogP contribution in [0.15, 0.2) is 77.7 Å². The third-order valence-corrected chi connectivity index (χ3v) is 8.52. The van der Waals surface area contributed by atoms with Crippen LogP contribution in [0, 0.1) is 13.8 Å². The molecular formula is C33H37N3O8S. The number of hydrogen-bond donors (Lipinski definition) is 3. The number of aryl methyl sites for hydroxylation is 2. The molecule has 0 aliphatic carbocycles. The molecule has 0 unspecified atom stereocenters. The highest BCUT2D eigenvalue weighted by molar-refractivity contribution is 7.89. The number of nitrogens with one attached hydrogen (secondary N) is 1. The quantitative estimate of drug-likeness (QED) is 0.160. The highest BCUT2D eigenvalue weighted by Gasteiger charge is 2.21. The molecule has 0 saturated heterocycles. The van der Waals surface area contributed by atoms with Crippen LogP contribution in [-0.4, -0.2) is 71.0 Å². The minimum absolute atomic E-state index is 0.0633. The molecule has 45 heavy (non-hydrogen) atoms. The van der Waals surface area contributed by atoms with Gasteiger partial charge in [-0.15, -0.1) is 0 Å². The van der Waals surface area contributed by atoms with Crippen LogP contribution in [0.3, 0.4) is 0 Å². The average molecular weight is 636 g/mol. The Morgan fingerprint density at radius 2 is 1.42 bits per heavy atom. The van der Waals surface area contributed by atoms with Crippen LogP contribution in [0.25, 0.3) is 10.8 Å². The summed E-state index contributed by atoms with van der Waals surface area (Å²) >= 11 is 0. The first-order chi connectivity index (χ1) is 21.4. The predicted octanol–water partition coefficient (Wildman–Crippen LogP) is 4.43. The Morgan fingerprint density at radius 1 is 0.778 bits per heavy atom. The van der Waals surface area contributed by atoms with Gasteiger partial charge in [-0.25, -0.2) is 13.1 Å². The summed E-state index contributed by atoms with van der Waals surface area (Å²) in [6.45, 7) is 2.85. The van der Waals surface area contributed by atoms with E-state index in [0.29, 0.717) is 16.7 Å². The molecule has 4 rings (SSSR count). The molecule has 0 radical (unpaired) electrons. The number of benzene rings is 4. The van der Waals surface area contributed by atoms with Crippen molar-refractivity contribution in [2.75, 3.05) is 50.2 Å². The first kappa shape index (κ1) is 33.1. The van der Waals surface area contributed by atoms with Gasteiger partial charge in [0.2, 0.25) is 10.0 Å². The molecular weight excluding hydrogens is 598 g/mol. The van der Waals surface area contributed by atoms with E-state index in [2.05, 4.69) is 4.72 Å². The number of hydrogen-bond acceptors (Lipinski definition) is 8. The lowest BCUT2D eigenvalue weighted by molar-refractivity contribution is -0.136. The van der Waals surface area contributed by atoms with Gasteiger partial charge in [-0.2, -0.15) is 0 Å². The summed E-state index contributed by atoms with van der Waals surface area (Å²) in [4.78, 5) is 26.3. The molecule has 0 aliphatic rings. The number of ether oxygens (including phenoxy) is 2. The van der Waals surface area contributed by atoms with Crippen LogP contribution in [0.1, 0.15) is 16.7 Å². The fourth-order valence-corrected chi connectivity index (χ4v) is 6.15. The zero-order valence-corrected chi connectivity index (χ0v) is 26.4. The number of rotatable bonds is 15. The normalized spacial score (nSPS) is 11.3. The summed E-state index contributed by atoms with van der Waals surface area (Å²) in [7, 11) is -0.173. The van der Waals surface area contributed by atoms with E-state index in [1.807, 2.05) is 69.2 Å². The van der Waals surface area contributed by atoms with E-state index >= 15 is 0 Å². The lowest BCUT2D eigenvalue weighted by Crippen LogP contribution is -2.35. The van der Waals surface area contributed by atoms with Crippen LogP contribution >= 0.6 is 0 Å². The Labute approximate surface area is 262 Å². The molecule has 0 amide bonds. The summed E-state index contributed by atoms with van der Waals surface area (Å²) in [6.07, 6.45) is 0. The number of carboxylic acids is 2. The molecule has 11 nitrogen and oxygen atoms in total. The first-order valence-electron chi connectivity index (χ1n) is 14.2. The molecule has 0 spiro atoms. The monoisotopic (exact) mass is 635 g/mol. The Kier molecular flexibility index (Phi) is 10.5. The highest BCUT2D eigenvalue weighted by atomic mass is 32.2. The van der Waals surface area contributed by atoms with Gasteiger partial charge in [0.1, 0.15) is 37.8 Å². The summed E-state index contributed by atoms with van der Waals surface area (Å²) in [5.74, 6) is -1.54. The van der Waals surface area contributed by atoms with Crippen molar-refractivity contribution in [3.8, 4) is 11.5 Å². The topological polar surface area (TPSA) is 146 Å². The summed E-state index contributed by atoms with van der Waals surface area (Å²) in [6, 6.07) is 21.1. The summed E-state index contributed by atoms with van der Waals surface area (Å²) in [5.41, 5.74) is 3.63. The summed E-state index contributed by atoms with van der Waals surface area (Å²) in [5, 5.41) is 20.2. The maximum Gasteiger partial charge on any atom is 0.323 e. The van der Waals surface area contributed by atoms with Gasteiger partial charge in [-0.3, -0.25) is 9.59 Å². The maximum absolute atomic E-state index is 13.5. The van der Waals surface area contributed by atoms with Gasteiger partial charge >= 0.3 is 11.9 Å². The Morgan fingerprint density at radius 3 is 2.09 bits per heavy atom. The van der Waals surface area contributed by atoms with Crippen molar-refractivity contribution in [3.63, 3.8) is 0 Å².